The lowest BCUT2D eigenvalue weighted by Gasteiger charge is -2.15. The number of hydrogen-bond donors (Lipinski definition) is 1. The van der Waals surface area contributed by atoms with Gasteiger partial charge in [0, 0.05) is 12.6 Å². The second-order valence-electron chi connectivity index (χ2n) is 9.41. The van der Waals surface area contributed by atoms with E-state index in [1.807, 2.05) is 6.92 Å². The number of nitrogens with zero attached hydrogens (tertiary/aromatic N) is 2. The Morgan fingerprint density at radius 3 is 1.83 bits per heavy atom. The minimum atomic E-state index is -1.10. The standard InChI is InChI=1S/C29H44N2O4/c1-4-7-9-11-13-15-17-23-21-25(28(32)33)26(22-24(23)18-16-14-12-10-8-5-2)29(34)35-31-20-19-30-27(31)6-3/h19-22H,4-18H2,1-3H3,(H,32,33). The molecule has 2 rings (SSSR count). The molecule has 35 heavy (non-hydrogen) atoms. The van der Waals surface area contributed by atoms with E-state index in [-0.39, 0.29) is 11.1 Å². The summed E-state index contributed by atoms with van der Waals surface area (Å²) in [6.07, 6.45) is 19.7. The van der Waals surface area contributed by atoms with E-state index < -0.39 is 11.9 Å². The largest absolute Gasteiger partial charge is 0.478 e. The minimum absolute atomic E-state index is 0.0147. The molecule has 1 aromatic heterocycles. The molecule has 1 N–H and O–H groups in total. The predicted molar refractivity (Wildman–Crippen MR) is 140 cm³/mol. The highest BCUT2D eigenvalue weighted by atomic mass is 16.7. The zero-order valence-electron chi connectivity index (χ0n) is 22.0. The van der Waals surface area contributed by atoms with Crippen molar-refractivity contribution in [3.05, 3.63) is 52.6 Å². The van der Waals surface area contributed by atoms with Crippen molar-refractivity contribution < 1.29 is 19.5 Å². The molecule has 0 spiro atoms. The van der Waals surface area contributed by atoms with Gasteiger partial charge in [0.2, 0.25) is 0 Å². The SMILES string of the molecule is CCCCCCCCc1cc(C(=O)O)c(C(=O)On2ccnc2CC)cc1CCCCCCCC. The monoisotopic (exact) mass is 484 g/mol. The highest BCUT2D eigenvalue weighted by Gasteiger charge is 2.22. The molecule has 0 aliphatic heterocycles. The molecule has 0 aliphatic carbocycles. The minimum Gasteiger partial charge on any atom is -0.478 e. The smallest absolute Gasteiger partial charge is 0.364 e. The first-order valence-corrected chi connectivity index (χ1v) is 13.7. The molecule has 0 amide bonds. The van der Waals surface area contributed by atoms with Crippen LogP contribution in [0.4, 0.5) is 0 Å². The number of aryl methyl sites for hydroxylation is 3. The van der Waals surface area contributed by atoms with Gasteiger partial charge in [-0.2, -0.15) is 4.73 Å². The third-order valence-corrected chi connectivity index (χ3v) is 6.57. The summed E-state index contributed by atoms with van der Waals surface area (Å²) in [6, 6.07) is 3.48. The Morgan fingerprint density at radius 1 is 0.800 bits per heavy atom. The maximum atomic E-state index is 13.0. The van der Waals surface area contributed by atoms with E-state index in [4.69, 9.17) is 4.84 Å². The van der Waals surface area contributed by atoms with E-state index >= 15 is 0 Å². The lowest BCUT2D eigenvalue weighted by atomic mass is 9.91. The second-order valence-corrected chi connectivity index (χ2v) is 9.41. The van der Waals surface area contributed by atoms with Crippen LogP contribution in [0.15, 0.2) is 24.5 Å². The molecule has 194 valence electrons. The number of imidazole rings is 1. The highest BCUT2D eigenvalue weighted by molar-refractivity contribution is 6.03. The molecule has 0 bridgehead atoms. The molecule has 0 fully saturated rings. The molecule has 1 heterocycles. The number of rotatable bonds is 18. The number of carboxylic acids is 1. The first-order chi connectivity index (χ1) is 17.0. The van der Waals surface area contributed by atoms with Crippen molar-refractivity contribution in [2.75, 3.05) is 0 Å². The summed E-state index contributed by atoms with van der Waals surface area (Å²) in [5.41, 5.74) is 2.26. The Labute approximate surface area is 211 Å². The van der Waals surface area contributed by atoms with Gasteiger partial charge in [0.15, 0.2) is 0 Å². The average Bonchev–Trinajstić information content (AvgIpc) is 3.30. The summed E-state index contributed by atoms with van der Waals surface area (Å²) in [5.74, 6) is -1.15. The molecule has 0 saturated carbocycles. The molecule has 0 saturated heterocycles. The third-order valence-electron chi connectivity index (χ3n) is 6.57. The highest BCUT2D eigenvalue weighted by Crippen LogP contribution is 2.23. The molecule has 6 heteroatoms. The van der Waals surface area contributed by atoms with Crippen molar-refractivity contribution in [3.8, 4) is 0 Å². The van der Waals surface area contributed by atoms with E-state index in [0.717, 1.165) is 49.7 Å². The Balaban J connectivity index is 2.21. The summed E-state index contributed by atoms with van der Waals surface area (Å²) >= 11 is 0. The number of aromatic carboxylic acids is 1. The zero-order chi connectivity index (χ0) is 25.5. The predicted octanol–water partition coefficient (Wildman–Crippen LogP) is 7.22. The van der Waals surface area contributed by atoms with Gasteiger partial charge in [-0.05, 0) is 48.9 Å². The number of carbonyl (C=O) groups excluding carboxylic acids is 1. The summed E-state index contributed by atoms with van der Waals surface area (Å²) in [6.45, 7) is 6.35. The van der Waals surface area contributed by atoms with Gasteiger partial charge in [-0.3, -0.25) is 0 Å². The Kier molecular flexibility index (Phi) is 13.2. The van der Waals surface area contributed by atoms with Crippen molar-refractivity contribution in [2.24, 2.45) is 0 Å². The molecule has 2 aromatic rings. The first kappa shape index (κ1) is 28.6. The van der Waals surface area contributed by atoms with E-state index in [1.165, 1.54) is 56.1 Å². The number of hydrogen-bond acceptors (Lipinski definition) is 4. The summed E-state index contributed by atoms with van der Waals surface area (Å²) in [4.78, 5) is 34.8. The van der Waals surface area contributed by atoms with Gasteiger partial charge in [-0.1, -0.05) is 85.0 Å². The van der Waals surface area contributed by atoms with Gasteiger partial charge < -0.3 is 9.94 Å². The Morgan fingerprint density at radius 2 is 1.31 bits per heavy atom. The lowest BCUT2D eigenvalue weighted by molar-refractivity contribution is 0.0438. The van der Waals surface area contributed by atoms with Crippen molar-refractivity contribution in [3.63, 3.8) is 0 Å². The van der Waals surface area contributed by atoms with Crippen molar-refractivity contribution in [1.82, 2.24) is 9.71 Å². The van der Waals surface area contributed by atoms with Crippen LogP contribution in [0.3, 0.4) is 0 Å². The molecular formula is C29H44N2O4. The normalized spacial score (nSPS) is 11.1. The molecule has 1 aromatic carbocycles. The van der Waals surface area contributed by atoms with Crippen molar-refractivity contribution in [1.29, 1.82) is 0 Å². The van der Waals surface area contributed by atoms with Gasteiger partial charge in [0.1, 0.15) is 5.82 Å². The van der Waals surface area contributed by atoms with E-state index in [9.17, 15) is 14.7 Å². The third kappa shape index (κ3) is 9.50. The topological polar surface area (TPSA) is 81.4 Å². The number of benzene rings is 1. The maximum Gasteiger partial charge on any atom is 0.364 e. The molecule has 0 radical (unpaired) electrons. The van der Waals surface area contributed by atoms with Crippen LogP contribution < -0.4 is 4.84 Å². The number of aromatic nitrogens is 2. The van der Waals surface area contributed by atoms with Crippen molar-refractivity contribution in [2.45, 2.75) is 117 Å². The van der Waals surface area contributed by atoms with E-state index in [2.05, 4.69) is 18.8 Å². The lowest BCUT2D eigenvalue weighted by Crippen LogP contribution is -2.24. The van der Waals surface area contributed by atoms with E-state index in [0.29, 0.717) is 12.2 Å². The second kappa shape index (κ2) is 16.1. The molecule has 0 unspecified atom stereocenters. The van der Waals surface area contributed by atoms with Crippen LogP contribution in [0.2, 0.25) is 0 Å². The van der Waals surface area contributed by atoms with Gasteiger partial charge >= 0.3 is 11.9 Å². The molecule has 0 atom stereocenters. The number of unbranched alkanes of at least 4 members (excludes halogenated alkanes) is 10. The average molecular weight is 485 g/mol. The number of carboxylic acid groups (broad SMARTS) is 1. The maximum absolute atomic E-state index is 13.0. The summed E-state index contributed by atoms with van der Waals surface area (Å²) in [5, 5.41) is 9.90. The van der Waals surface area contributed by atoms with Crippen LogP contribution in [-0.2, 0) is 19.3 Å². The van der Waals surface area contributed by atoms with Crippen LogP contribution in [0.5, 0.6) is 0 Å². The van der Waals surface area contributed by atoms with Crippen LogP contribution in [0.1, 0.15) is 135 Å². The van der Waals surface area contributed by atoms with Crippen LogP contribution in [0.25, 0.3) is 0 Å². The molecular weight excluding hydrogens is 440 g/mol. The van der Waals surface area contributed by atoms with Gasteiger partial charge in [0.05, 0.1) is 17.3 Å². The van der Waals surface area contributed by atoms with Gasteiger partial charge in [-0.15, -0.1) is 0 Å². The van der Waals surface area contributed by atoms with Crippen LogP contribution in [0, 0.1) is 0 Å². The Bertz CT molecular complexity index is 919. The Hall–Kier alpha value is -2.63. The van der Waals surface area contributed by atoms with Crippen molar-refractivity contribution >= 4 is 11.9 Å². The van der Waals surface area contributed by atoms with Gasteiger partial charge in [0.25, 0.3) is 0 Å². The van der Waals surface area contributed by atoms with Gasteiger partial charge in [-0.25, -0.2) is 14.6 Å². The summed E-state index contributed by atoms with van der Waals surface area (Å²) < 4.78 is 1.32. The zero-order valence-corrected chi connectivity index (χ0v) is 22.0. The number of carbonyl (C=O) groups is 2. The molecule has 0 aliphatic rings. The fourth-order valence-corrected chi connectivity index (χ4v) is 4.48. The first-order valence-electron chi connectivity index (χ1n) is 13.7. The van der Waals surface area contributed by atoms with E-state index in [1.54, 1.807) is 24.5 Å². The quantitative estimate of drug-likeness (QED) is 0.226. The fraction of sp³-hybridized carbons (Fsp3) is 0.621. The fourth-order valence-electron chi connectivity index (χ4n) is 4.48. The van der Waals surface area contributed by atoms with Crippen LogP contribution in [-0.4, -0.2) is 26.8 Å². The summed E-state index contributed by atoms with van der Waals surface area (Å²) in [7, 11) is 0. The van der Waals surface area contributed by atoms with Crippen LogP contribution >= 0.6 is 0 Å². The molecule has 6 nitrogen and oxygen atoms in total.